The molecule has 0 aliphatic heterocycles. The fraction of sp³-hybridized carbons (Fsp3) is 0.167. The summed E-state index contributed by atoms with van der Waals surface area (Å²) in [6.45, 7) is 18.0. The number of aromatic nitrogens is 3. The molecule has 3 heterocycles. The topological polar surface area (TPSA) is 38.7 Å². The largest absolute Gasteiger partial charge is 0.256 e. The maximum Gasteiger partial charge on any atom is 0.0720 e. The molecule has 57 heavy (non-hydrogen) atoms. The van der Waals surface area contributed by atoms with Crippen LogP contribution in [0.4, 0.5) is 0 Å². The third-order valence-electron chi connectivity index (χ3n) is 11.7. The first-order chi connectivity index (χ1) is 27.5. The van der Waals surface area contributed by atoms with Gasteiger partial charge in [0.25, 0.3) is 0 Å². The summed E-state index contributed by atoms with van der Waals surface area (Å²) in [6.07, 6.45) is 5.86. The molecule has 8 rings (SSSR count). The summed E-state index contributed by atoms with van der Waals surface area (Å²) in [5, 5.41) is 0. The van der Waals surface area contributed by atoms with Gasteiger partial charge in [0.15, 0.2) is 0 Å². The molecule has 0 aliphatic carbocycles. The van der Waals surface area contributed by atoms with Crippen LogP contribution in [0.2, 0.25) is 0 Å². The van der Waals surface area contributed by atoms with Crippen LogP contribution in [0, 0.1) is 34.6 Å². The van der Waals surface area contributed by atoms with E-state index in [-0.39, 0.29) is 5.41 Å². The van der Waals surface area contributed by atoms with Crippen LogP contribution < -0.4 is 0 Å². The second-order valence-corrected chi connectivity index (χ2v) is 16.3. The van der Waals surface area contributed by atoms with E-state index in [0.29, 0.717) is 0 Å². The first-order valence-electron chi connectivity index (χ1n) is 19.8. The van der Waals surface area contributed by atoms with Gasteiger partial charge in [-0.25, -0.2) is 0 Å². The van der Waals surface area contributed by atoms with Gasteiger partial charge in [0.1, 0.15) is 0 Å². The standard InChI is InChI=1S/C54H49N3/c1-34-30-50(57-33-48(34)39-16-10-9-11-17-39)41-24-22-40(23-25-41)44-18-12-14-20-46(44)52-35(2)37(4)53(38(5)36(52)3)47-21-15-13-19-45(47)49-27-26-42(32-56-49)51-31-43(28-29-55-51)54(6,7)8/h9-33H,1-8H3. The second-order valence-electron chi connectivity index (χ2n) is 16.3. The zero-order chi connectivity index (χ0) is 39.8. The van der Waals surface area contributed by atoms with Gasteiger partial charge in [0.2, 0.25) is 0 Å². The molecule has 3 aromatic heterocycles. The summed E-state index contributed by atoms with van der Waals surface area (Å²) in [5.41, 5.74) is 23.6. The molecule has 0 bridgehead atoms. The van der Waals surface area contributed by atoms with E-state index in [1.807, 2.05) is 24.7 Å². The average molecular weight is 740 g/mol. The number of aryl methyl sites for hydroxylation is 1. The van der Waals surface area contributed by atoms with Crippen molar-refractivity contribution in [2.75, 3.05) is 0 Å². The Morgan fingerprint density at radius 1 is 0.368 bits per heavy atom. The van der Waals surface area contributed by atoms with Crippen molar-refractivity contribution in [2.24, 2.45) is 0 Å². The van der Waals surface area contributed by atoms with Crippen molar-refractivity contribution >= 4 is 0 Å². The minimum atomic E-state index is 0.0492. The van der Waals surface area contributed by atoms with E-state index >= 15 is 0 Å². The fourth-order valence-electron chi connectivity index (χ4n) is 8.21. The second kappa shape index (κ2) is 15.2. The lowest BCUT2D eigenvalue weighted by Gasteiger charge is -2.24. The fourth-order valence-corrected chi connectivity index (χ4v) is 8.21. The van der Waals surface area contributed by atoms with Crippen LogP contribution in [0.5, 0.6) is 0 Å². The Balaban J connectivity index is 1.13. The first kappa shape index (κ1) is 37.5. The van der Waals surface area contributed by atoms with E-state index in [4.69, 9.17) is 9.97 Å². The number of hydrogen-bond donors (Lipinski definition) is 0. The Kier molecular flexibility index (Phi) is 10.0. The van der Waals surface area contributed by atoms with E-state index in [1.54, 1.807) is 0 Å². The molecule has 8 aromatic rings. The Morgan fingerprint density at radius 3 is 1.44 bits per heavy atom. The molecule has 0 radical (unpaired) electrons. The normalized spacial score (nSPS) is 11.5. The third-order valence-corrected chi connectivity index (χ3v) is 11.7. The van der Waals surface area contributed by atoms with Crippen LogP contribution in [-0.4, -0.2) is 15.0 Å². The minimum absolute atomic E-state index is 0.0492. The van der Waals surface area contributed by atoms with E-state index in [2.05, 4.69) is 188 Å². The van der Waals surface area contributed by atoms with Crippen LogP contribution in [0.15, 0.2) is 152 Å². The number of rotatable bonds is 7. The van der Waals surface area contributed by atoms with Gasteiger partial charge in [-0.3, -0.25) is 15.0 Å². The van der Waals surface area contributed by atoms with Gasteiger partial charge >= 0.3 is 0 Å². The van der Waals surface area contributed by atoms with Crippen molar-refractivity contribution in [1.82, 2.24) is 15.0 Å². The average Bonchev–Trinajstić information content (AvgIpc) is 3.24. The number of hydrogen-bond acceptors (Lipinski definition) is 3. The van der Waals surface area contributed by atoms with Gasteiger partial charge in [-0.15, -0.1) is 0 Å². The molecule has 0 spiro atoms. The lowest BCUT2D eigenvalue weighted by molar-refractivity contribution is 0.589. The molecule has 0 saturated carbocycles. The molecule has 3 heteroatoms. The Bertz CT molecular complexity index is 2710. The van der Waals surface area contributed by atoms with Gasteiger partial charge < -0.3 is 0 Å². The monoisotopic (exact) mass is 739 g/mol. The van der Waals surface area contributed by atoms with Crippen molar-refractivity contribution in [3.8, 4) is 78.3 Å². The quantitative estimate of drug-likeness (QED) is 0.163. The number of nitrogens with zero attached hydrogens (tertiary/aromatic N) is 3. The predicted octanol–water partition coefficient (Wildman–Crippen LogP) is 14.4. The molecular formula is C54H49N3. The Hall–Kier alpha value is -6.45. The zero-order valence-electron chi connectivity index (χ0n) is 34.3. The van der Waals surface area contributed by atoms with Crippen LogP contribution in [0.1, 0.15) is 54.2 Å². The highest BCUT2D eigenvalue weighted by atomic mass is 14.7. The van der Waals surface area contributed by atoms with Crippen LogP contribution in [0.25, 0.3) is 78.3 Å². The van der Waals surface area contributed by atoms with Gasteiger partial charge in [-0.2, -0.15) is 0 Å². The molecule has 0 saturated heterocycles. The number of benzene rings is 5. The first-order valence-corrected chi connectivity index (χ1v) is 19.8. The van der Waals surface area contributed by atoms with Crippen molar-refractivity contribution in [3.63, 3.8) is 0 Å². The maximum absolute atomic E-state index is 5.02. The summed E-state index contributed by atoms with van der Waals surface area (Å²) >= 11 is 0. The SMILES string of the molecule is Cc1cc(-c2ccc(-c3ccccc3-c3c(C)c(C)c(-c4ccccc4-c4ccc(-c5cc(C(C)(C)C)ccn5)cn4)c(C)c3C)cc2)ncc1-c1ccccc1. The Labute approximate surface area is 338 Å². The van der Waals surface area contributed by atoms with Crippen molar-refractivity contribution in [3.05, 3.63) is 185 Å². The maximum atomic E-state index is 5.02. The molecule has 0 aliphatic rings. The van der Waals surface area contributed by atoms with E-state index in [0.717, 1.165) is 39.3 Å². The van der Waals surface area contributed by atoms with Gasteiger partial charge in [0.05, 0.1) is 17.1 Å². The van der Waals surface area contributed by atoms with Crippen LogP contribution in [-0.2, 0) is 5.41 Å². The van der Waals surface area contributed by atoms with Crippen molar-refractivity contribution in [2.45, 2.75) is 60.8 Å². The highest BCUT2D eigenvalue weighted by Gasteiger charge is 2.22. The summed E-state index contributed by atoms with van der Waals surface area (Å²) in [4.78, 5) is 14.6. The molecule has 0 fully saturated rings. The zero-order valence-corrected chi connectivity index (χ0v) is 34.3. The molecule has 0 amide bonds. The van der Waals surface area contributed by atoms with Crippen LogP contribution >= 0.6 is 0 Å². The summed E-state index contributed by atoms with van der Waals surface area (Å²) in [5.74, 6) is 0. The lowest BCUT2D eigenvalue weighted by Crippen LogP contribution is -2.11. The molecule has 0 atom stereocenters. The van der Waals surface area contributed by atoms with Crippen molar-refractivity contribution < 1.29 is 0 Å². The number of pyridine rings is 3. The molecular weight excluding hydrogens is 691 g/mol. The summed E-state index contributed by atoms with van der Waals surface area (Å²) < 4.78 is 0. The summed E-state index contributed by atoms with van der Waals surface area (Å²) in [6, 6.07) is 47.6. The molecule has 0 unspecified atom stereocenters. The van der Waals surface area contributed by atoms with Gasteiger partial charge in [0, 0.05) is 40.8 Å². The third kappa shape index (κ3) is 7.22. The molecule has 5 aromatic carbocycles. The minimum Gasteiger partial charge on any atom is -0.256 e. The smallest absolute Gasteiger partial charge is 0.0720 e. The van der Waals surface area contributed by atoms with E-state index in [9.17, 15) is 0 Å². The van der Waals surface area contributed by atoms with E-state index in [1.165, 1.54) is 72.3 Å². The molecule has 3 nitrogen and oxygen atoms in total. The van der Waals surface area contributed by atoms with Crippen LogP contribution in [0.3, 0.4) is 0 Å². The highest BCUT2D eigenvalue weighted by Crippen LogP contribution is 2.44. The Morgan fingerprint density at radius 2 is 0.860 bits per heavy atom. The highest BCUT2D eigenvalue weighted by molar-refractivity contribution is 5.93. The molecule has 280 valence electrons. The summed E-state index contributed by atoms with van der Waals surface area (Å²) in [7, 11) is 0. The van der Waals surface area contributed by atoms with Gasteiger partial charge in [-0.1, -0.05) is 124 Å². The van der Waals surface area contributed by atoms with Gasteiger partial charge in [-0.05, 0) is 143 Å². The van der Waals surface area contributed by atoms with Crippen molar-refractivity contribution in [1.29, 1.82) is 0 Å². The molecule has 0 N–H and O–H groups in total. The lowest BCUT2D eigenvalue weighted by atomic mass is 9.80. The predicted molar refractivity (Wildman–Crippen MR) is 240 cm³/mol. The van der Waals surface area contributed by atoms with E-state index < -0.39 is 0 Å².